The molecule has 6 nitrogen and oxygen atoms in total. The molecule has 0 unspecified atom stereocenters. The molecule has 3 N–H and O–H groups in total. The maximum Gasteiger partial charge on any atom is 0.412 e. The highest BCUT2D eigenvalue weighted by molar-refractivity contribution is 5.87. The first-order valence-electron chi connectivity index (χ1n) is 7.49. The van der Waals surface area contributed by atoms with Gasteiger partial charge in [0, 0.05) is 11.6 Å². The summed E-state index contributed by atoms with van der Waals surface area (Å²) in [6, 6.07) is 4.51. The normalized spacial score (nSPS) is 22.3. The lowest BCUT2D eigenvalue weighted by Gasteiger charge is -2.20. The molecule has 1 fully saturated rings. The summed E-state index contributed by atoms with van der Waals surface area (Å²) in [6.45, 7) is 8.99. The van der Waals surface area contributed by atoms with E-state index in [1.807, 2.05) is 13.8 Å². The lowest BCUT2D eigenvalue weighted by Crippen LogP contribution is -2.27. The third-order valence-corrected chi connectivity index (χ3v) is 4.10. The molecule has 0 aliphatic heterocycles. The molecule has 23 heavy (non-hydrogen) atoms. The van der Waals surface area contributed by atoms with Crippen LogP contribution in [0.1, 0.15) is 46.1 Å². The Morgan fingerprint density at radius 3 is 2.35 bits per heavy atom. The second kappa shape index (κ2) is 5.44. The van der Waals surface area contributed by atoms with E-state index in [9.17, 15) is 19.8 Å². The SMILES string of the molecule is CC(C)(C)OC(=O)Nc1ccc(O)cc1[C@@H]1[C@@H](C(=O)O)C1(C)C. The van der Waals surface area contributed by atoms with E-state index < -0.39 is 29.0 Å². The molecule has 0 radical (unpaired) electrons. The number of rotatable bonds is 3. The number of hydrogen-bond acceptors (Lipinski definition) is 4. The van der Waals surface area contributed by atoms with Gasteiger partial charge in [-0.15, -0.1) is 0 Å². The fourth-order valence-electron chi connectivity index (χ4n) is 3.01. The summed E-state index contributed by atoms with van der Waals surface area (Å²) in [6.07, 6.45) is -0.616. The number of ether oxygens (including phenoxy) is 1. The van der Waals surface area contributed by atoms with Crippen LogP contribution in [0.4, 0.5) is 10.5 Å². The Morgan fingerprint density at radius 1 is 1.26 bits per heavy atom. The first kappa shape index (κ1) is 17.1. The van der Waals surface area contributed by atoms with Crippen molar-refractivity contribution in [2.45, 2.75) is 46.1 Å². The fraction of sp³-hybridized carbons (Fsp3) is 0.529. The molecule has 1 saturated carbocycles. The van der Waals surface area contributed by atoms with Crippen molar-refractivity contribution in [1.82, 2.24) is 0 Å². The lowest BCUT2D eigenvalue weighted by molar-refractivity contribution is -0.139. The standard InChI is InChI=1S/C17H23NO5/c1-16(2,3)23-15(22)18-11-7-6-9(19)8-10(11)12-13(14(20)21)17(12,4)5/h6-8,12-13,19H,1-5H3,(H,18,22)(H,20,21)/t12-,13+/m1/s1. The molecule has 1 aliphatic rings. The number of nitrogens with one attached hydrogen (secondary N) is 1. The number of aliphatic carboxylic acids is 1. The highest BCUT2D eigenvalue weighted by atomic mass is 16.6. The Labute approximate surface area is 135 Å². The van der Waals surface area contributed by atoms with E-state index in [1.54, 1.807) is 26.8 Å². The predicted octanol–water partition coefficient (Wildman–Crippen LogP) is 3.56. The average Bonchev–Trinajstić information content (AvgIpc) is 2.92. The van der Waals surface area contributed by atoms with E-state index in [0.717, 1.165) is 0 Å². The number of carbonyl (C=O) groups is 2. The minimum Gasteiger partial charge on any atom is -0.508 e. The van der Waals surface area contributed by atoms with Gasteiger partial charge in [-0.3, -0.25) is 10.1 Å². The van der Waals surface area contributed by atoms with Gasteiger partial charge in [-0.1, -0.05) is 13.8 Å². The maximum atomic E-state index is 12.0. The summed E-state index contributed by atoms with van der Waals surface area (Å²) in [7, 11) is 0. The van der Waals surface area contributed by atoms with Gasteiger partial charge in [-0.25, -0.2) is 4.79 Å². The molecule has 0 saturated heterocycles. The van der Waals surface area contributed by atoms with Crippen molar-refractivity contribution in [3.8, 4) is 5.75 Å². The predicted molar refractivity (Wildman–Crippen MR) is 85.6 cm³/mol. The Kier molecular flexibility index (Phi) is 4.05. The lowest BCUT2D eigenvalue weighted by atomic mass is 10.0. The summed E-state index contributed by atoms with van der Waals surface area (Å²) in [5.41, 5.74) is -0.0136. The van der Waals surface area contributed by atoms with Crippen molar-refractivity contribution in [1.29, 1.82) is 0 Å². The Hall–Kier alpha value is -2.24. The van der Waals surface area contributed by atoms with Gasteiger partial charge in [0.1, 0.15) is 11.4 Å². The first-order valence-corrected chi connectivity index (χ1v) is 7.49. The molecular formula is C17H23NO5. The first-order chi connectivity index (χ1) is 10.4. The number of hydrogen-bond donors (Lipinski definition) is 3. The van der Waals surface area contributed by atoms with Crippen LogP contribution in [0.3, 0.4) is 0 Å². The smallest absolute Gasteiger partial charge is 0.412 e. The van der Waals surface area contributed by atoms with Gasteiger partial charge in [0.15, 0.2) is 0 Å². The monoisotopic (exact) mass is 321 g/mol. The van der Waals surface area contributed by atoms with Crippen molar-refractivity contribution in [3.05, 3.63) is 23.8 Å². The highest BCUT2D eigenvalue weighted by Gasteiger charge is 2.63. The average molecular weight is 321 g/mol. The van der Waals surface area contributed by atoms with Crippen LogP contribution >= 0.6 is 0 Å². The van der Waals surface area contributed by atoms with Gasteiger partial charge in [-0.05, 0) is 49.9 Å². The van der Waals surface area contributed by atoms with Crippen molar-refractivity contribution < 1.29 is 24.5 Å². The number of phenolic OH excluding ortho intramolecular Hbond substituents is 1. The minimum atomic E-state index is -0.883. The number of carboxylic acid groups (broad SMARTS) is 1. The zero-order valence-electron chi connectivity index (χ0n) is 14.0. The fourth-order valence-corrected chi connectivity index (χ4v) is 3.01. The molecule has 0 bridgehead atoms. The van der Waals surface area contributed by atoms with Crippen molar-refractivity contribution in [2.24, 2.45) is 11.3 Å². The minimum absolute atomic E-state index is 0.0292. The van der Waals surface area contributed by atoms with E-state index >= 15 is 0 Å². The van der Waals surface area contributed by atoms with Crippen LogP contribution < -0.4 is 5.32 Å². The van der Waals surface area contributed by atoms with Gasteiger partial charge >= 0.3 is 12.1 Å². The zero-order valence-corrected chi connectivity index (χ0v) is 14.0. The van der Waals surface area contributed by atoms with E-state index in [-0.39, 0.29) is 11.7 Å². The number of carboxylic acids is 1. The van der Waals surface area contributed by atoms with Crippen LogP contribution in [-0.4, -0.2) is 27.9 Å². The Balaban J connectivity index is 2.29. The van der Waals surface area contributed by atoms with E-state index in [4.69, 9.17) is 4.74 Å². The molecule has 2 atom stereocenters. The number of anilines is 1. The number of phenols is 1. The summed E-state index contributed by atoms with van der Waals surface area (Å²) in [5, 5.41) is 21.7. The van der Waals surface area contributed by atoms with Crippen molar-refractivity contribution in [2.75, 3.05) is 5.32 Å². The summed E-state index contributed by atoms with van der Waals surface area (Å²) >= 11 is 0. The molecule has 1 amide bonds. The molecule has 1 aromatic carbocycles. The van der Waals surface area contributed by atoms with Gasteiger partial charge in [0.25, 0.3) is 0 Å². The Morgan fingerprint density at radius 2 is 1.87 bits per heavy atom. The van der Waals surface area contributed by atoms with Crippen LogP contribution in [0, 0.1) is 11.3 Å². The van der Waals surface area contributed by atoms with Crippen LogP contribution in [-0.2, 0) is 9.53 Å². The van der Waals surface area contributed by atoms with E-state index in [1.165, 1.54) is 12.1 Å². The molecule has 126 valence electrons. The largest absolute Gasteiger partial charge is 0.508 e. The summed E-state index contributed by atoms with van der Waals surface area (Å²) in [5.74, 6) is -1.69. The zero-order chi connectivity index (χ0) is 17.6. The number of carbonyl (C=O) groups excluding carboxylic acids is 1. The molecule has 1 aromatic rings. The Bertz CT molecular complexity index is 645. The van der Waals surface area contributed by atoms with E-state index in [2.05, 4.69) is 5.32 Å². The third-order valence-electron chi connectivity index (χ3n) is 4.10. The quantitative estimate of drug-likeness (QED) is 0.740. The second-order valence-corrected chi connectivity index (χ2v) is 7.51. The van der Waals surface area contributed by atoms with E-state index in [0.29, 0.717) is 11.3 Å². The van der Waals surface area contributed by atoms with Crippen LogP contribution in [0.25, 0.3) is 0 Å². The highest BCUT2D eigenvalue weighted by Crippen LogP contribution is 2.65. The van der Waals surface area contributed by atoms with Crippen molar-refractivity contribution >= 4 is 17.7 Å². The molecule has 2 rings (SSSR count). The van der Waals surface area contributed by atoms with Crippen molar-refractivity contribution in [3.63, 3.8) is 0 Å². The van der Waals surface area contributed by atoms with Gasteiger partial charge in [-0.2, -0.15) is 0 Å². The van der Waals surface area contributed by atoms with Crippen LogP contribution in [0.15, 0.2) is 18.2 Å². The number of amides is 1. The van der Waals surface area contributed by atoms with Gasteiger partial charge in [0.05, 0.1) is 5.92 Å². The molecule has 1 aliphatic carbocycles. The number of aromatic hydroxyl groups is 1. The molecule has 6 heteroatoms. The second-order valence-electron chi connectivity index (χ2n) is 7.51. The molecular weight excluding hydrogens is 298 g/mol. The summed E-state index contributed by atoms with van der Waals surface area (Å²) < 4.78 is 5.22. The van der Waals surface area contributed by atoms with Crippen LogP contribution in [0.5, 0.6) is 5.75 Å². The topological polar surface area (TPSA) is 95.9 Å². The maximum absolute atomic E-state index is 12.0. The third kappa shape index (κ3) is 3.57. The van der Waals surface area contributed by atoms with Gasteiger partial charge in [0.2, 0.25) is 0 Å². The van der Waals surface area contributed by atoms with Crippen LogP contribution in [0.2, 0.25) is 0 Å². The number of benzene rings is 1. The summed E-state index contributed by atoms with van der Waals surface area (Å²) in [4.78, 5) is 23.4. The molecule has 0 spiro atoms. The molecule has 0 aromatic heterocycles. The van der Waals surface area contributed by atoms with Gasteiger partial charge < -0.3 is 14.9 Å². The molecule has 0 heterocycles.